The third-order valence-corrected chi connectivity index (χ3v) is 2.37. The highest BCUT2D eigenvalue weighted by Gasteiger charge is 2.25. The Balaban J connectivity index is 2.86. The molecule has 0 unspecified atom stereocenters. The van der Waals surface area contributed by atoms with Gasteiger partial charge in [-0.2, -0.15) is 9.97 Å². The van der Waals surface area contributed by atoms with E-state index >= 15 is 0 Å². The highest BCUT2D eigenvalue weighted by molar-refractivity contribution is 5.44. The number of ether oxygens (including phenoxy) is 1. The largest absolute Gasteiger partial charge is 0.481 e. The summed E-state index contributed by atoms with van der Waals surface area (Å²) in [5, 5.41) is 3.38. The van der Waals surface area contributed by atoms with Crippen molar-refractivity contribution >= 4 is 11.8 Å². The summed E-state index contributed by atoms with van der Waals surface area (Å²) >= 11 is 0. The summed E-state index contributed by atoms with van der Waals surface area (Å²) in [7, 11) is 1.56. The smallest absolute Gasteiger partial charge is 0.225 e. The first kappa shape index (κ1) is 14.5. The predicted molar refractivity (Wildman–Crippen MR) is 74.8 cm³/mol. The summed E-state index contributed by atoms with van der Waals surface area (Å²) in [6, 6.07) is 1.75. The first-order valence-corrected chi connectivity index (χ1v) is 6.08. The van der Waals surface area contributed by atoms with Crippen LogP contribution in [0.4, 0.5) is 11.8 Å². The molecule has 0 radical (unpaired) electrons. The van der Waals surface area contributed by atoms with E-state index in [0.717, 1.165) is 6.42 Å². The zero-order valence-corrected chi connectivity index (χ0v) is 12.2. The lowest BCUT2D eigenvalue weighted by molar-refractivity contribution is 0.302. The van der Waals surface area contributed by atoms with E-state index in [1.54, 1.807) is 13.2 Å². The lowest BCUT2D eigenvalue weighted by Crippen LogP contribution is -2.35. The van der Waals surface area contributed by atoms with Gasteiger partial charge < -0.3 is 15.8 Å². The van der Waals surface area contributed by atoms with Gasteiger partial charge in [-0.05, 0) is 25.7 Å². The Kier molecular flexibility index (Phi) is 4.04. The maximum Gasteiger partial charge on any atom is 0.225 e. The number of aromatic nitrogens is 2. The number of rotatable bonds is 4. The minimum Gasteiger partial charge on any atom is -0.481 e. The van der Waals surface area contributed by atoms with Crippen LogP contribution in [0.25, 0.3) is 0 Å². The molecule has 0 fully saturated rings. The summed E-state index contributed by atoms with van der Waals surface area (Å²) in [6.45, 7) is 10.9. The Hall–Kier alpha value is -1.52. The average Bonchev–Trinajstić information content (AvgIpc) is 2.11. The van der Waals surface area contributed by atoms with Gasteiger partial charge in [0.05, 0.1) is 7.11 Å². The fourth-order valence-electron chi connectivity index (χ4n) is 2.33. The molecule has 0 saturated heterocycles. The van der Waals surface area contributed by atoms with E-state index in [0.29, 0.717) is 11.7 Å². The van der Waals surface area contributed by atoms with E-state index in [-0.39, 0.29) is 16.9 Å². The molecule has 0 aliphatic carbocycles. The van der Waals surface area contributed by atoms with Crippen molar-refractivity contribution in [1.29, 1.82) is 0 Å². The van der Waals surface area contributed by atoms with E-state index in [9.17, 15) is 0 Å². The molecule has 1 rings (SSSR count). The van der Waals surface area contributed by atoms with Crippen LogP contribution in [0.5, 0.6) is 5.88 Å². The number of nitrogens with two attached hydrogens (primary N) is 1. The van der Waals surface area contributed by atoms with Gasteiger partial charge in [0.25, 0.3) is 0 Å². The Labute approximate surface area is 109 Å². The SMILES string of the molecule is COc1cc(NC(C)(C)CC(C)(C)C)nc(N)n1. The second-order valence-corrected chi connectivity index (χ2v) is 6.40. The van der Waals surface area contributed by atoms with Crippen molar-refractivity contribution in [1.82, 2.24) is 9.97 Å². The highest BCUT2D eigenvalue weighted by Crippen LogP contribution is 2.29. The molecule has 18 heavy (non-hydrogen) atoms. The van der Waals surface area contributed by atoms with Gasteiger partial charge in [-0.15, -0.1) is 0 Å². The van der Waals surface area contributed by atoms with Gasteiger partial charge in [0.15, 0.2) is 0 Å². The van der Waals surface area contributed by atoms with Gasteiger partial charge in [-0.25, -0.2) is 0 Å². The Morgan fingerprint density at radius 3 is 2.33 bits per heavy atom. The van der Waals surface area contributed by atoms with E-state index in [1.165, 1.54) is 0 Å². The van der Waals surface area contributed by atoms with Crippen molar-refractivity contribution in [3.63, 3.8) is 0 Å². The van der Waals surface area contributed by atoms with Crippen LogP contribution in [0.3, 0.4) is 0 Å². The van der Waals surface area contributed by atoms with Crippen molar-refractivity contribution < 1.29 is 4.74 Å². The lowest BCUT2D eigenvalue weighted by Gasteiger charge is -2.33. The first-order chi connectivity index (χ1) is 8.11. The average molecular weight is 252 g/mol. The van der Waals surface area contributed by atoms with Gasteiger partial charge in [0, 0.05) is 11.6 Å². The van der Waals surface area contributed by atoms with Gasteiger partial charge in [0.1, 0.15) is 5.82 Å². The molecule has 1 aromatic rings. The van der Waals surface area contributed by atoms with Crippen LogP contribution in [0, 0.1) is 5.41 Å². The molecule has 5 nitrogen and oxygen atoms in total. The summed E-state index contributed by atoms with van der Waals surface area (Å²) in [4.78, 5) is 8.13. The summed E-state index contributed by atoms with van der Waals surface area (Å²) in [5.41, 5.74) is 5.79. The quantitative estimate of drug-likeness (QED) is 0.862. The number of nitrogens with one attached hydrogen (secondary N) is 1. The maximum atomic E-state index is 5.64. The van der Waals surface area contributed by atoms with Crippen LogP contribution in [0.2, 0.25) is 0 Å². The van der Waals surface area contributed by atoms with Crippen molar-refractivity contribution in [3.05, 3.63) is 6.07 Å². The van der Waals surface area contributed by atoms with Crippen LogP contribution in [0.15, 0.2) is 6.07 Å². The van der Waals surface area contributed by atoms with Crippen LogP contribution < -0.4 is 15.8 Å². The minimum absolute atomic E-state index is 0.0793. The Bertz CT molecular complexity index is 410. The van der Waals surface area contributed by atoms with Crippen LogP contribution in [-0.4, -0.2) is 22.6 Å². The van der Waals surface area contributed by atoms with Crippen molar-refractivity contribution in [2.45, 2.75) is 46.6 Å². The molecule has 0 bridgehead atoms. The minimum atomic E-state index is -0.0793. The van der Waals surface area contributed by atoms with Crippen molar-refractivity contribution in [2.24, 2.45) is 5.41 Å². The third-order valence-electron chi connectivity index (χ3n) is 2.37. The Morgan fingerprint density at radius 1 is 1.22 bits per heavy atom. The van der Waals surface area contributed by atoms with Crippen LogP contribution in [-0.2, 0) is 0 Å². The fourth-order valence-corrected chi connectivity index (χ4v) is 2.33. The molecule has 5 heteroatoms. The molecule has 0 atom stereocenters. The van der Waals surface area contributed by atoms with E-state index in [1.807, 2.05) is 0 Å². The Morgan fingerprint density at radius 2 is 1.83 bits per heavy atom. The third kappa shape index (κ3) is 4.77. The molecule has 102 valence electrons. The van der Waals surface area contributed by atoms with Gasteiger partial charge >= 0.3 is 0 Å². The molecule has 0 amide bonds. The monoisotopic (exact) mass is 252 g/mol. The van der Waals surface area contributed by atoms with E-state index in [4.69, 9.17) is 10.5 Å². The zero-order valence-electron chi connectivity index (χ0n) is 12.2. The molecular formula is C13H24N4O. The fraction of sp³-hybridized carbons (Fsp3) is 0.692. The standard InChI is InChI=1S/C13H24N4O/c1-12(2,3)8-13(4,5)17-9-7-10(18-6)16-11(14)15-9/h7H,8H2,1-6H3,(H3,14,15,16,17). The number of hydrogen-bond donors (Lipinski definition) is 2. The zero-order chi connectivity index (χ0) is 14.0. The summed E-state index contributed by atoms with van der Waals surface area (Å²) < 4.78 is 5.08. The second-order valence-electron chi connectivity index (χ2n) is 6.40. The predicted octanol–water partition coefficient (Wildman–Crippen LogP) is 2.69. The van der Waals surface area contributed by atoms with E-state index in [2.05, 4.69) is 49.9 Å². The molecule has 0 aliphatic rings. The number of nitrogen functional groups attached to an aromatic ring is 1. The molecule has 1 aromatic heterocycles. The van der Waals surface area contributed by atoms with Gasteiger partial charge in [-0.3, -0.25) is 0 Å². The normalized spacial score (nSPS) is 12.3. The lowest BCUT2D eigenvalue weighted by atomic mass is 9.82. The highest BCUT2D eigenvalue weighted by atomic mass is 16.5. The van der Waals surface area contributed by atoms with Gasteiger partial charge in [-0.1, -0.05) is 20.8 Å². The molecule has 1 heterocycles. The molecule has 3 N–H and O–H groups in total. The molecule has 0 aliphatic heterocycles. The summed E-state index contributed by atoms with van der Waals surface area (Å²) in [5.74, 6) is 1.37. The number of methoxy groups -OCH3 is 1. The molecule has 0 spiro atoms. The number of hydrogen-bond acceptors (Lipinski definition) is 5. The van der Waals surface area contributed by atoms with Gasteiger partial charge in [0.2, 0.25) is 11.8 Å². The second kappa shape index (κ2) is 5.00. The maximum absolute atomic E-state index is 5.64. The number of anilines is 2. The van der Waals surface area contributed by atoms with Crippen molar-refractivity contribution in [2.75, 3.05) is 18.2 Å². The molecule has 0 aromatic carbocycles. The van der Waals surface area contributed by atoms with Crippen molar-refractivity contribution in [3.8, 4) is 5.88 Å². The topological polar surface area (TPSA) is 73.1 Å². The van der Waals surface area contributed by atoms with Crippen LogP contribution in [0.1, 0.15) is 41.0 Å². The number of nitrogens with zero attached hydrogens (tertiary/aromatic N) is 2. The molecule has 0 saturated carbocycles. The first-order valence-electron chi connectivity index (χ1n) is 6.08. The van der Waals surface area contributed by atoms with E-state index < -0.39 is 0 Å². The summed E-state index contributed by atoms with van der Waals surface area (Å²) in [6.07, 6.45) is 1.01. The molecular weight excluding hydrogens is 228 g/mol. The van der Waals surface area contributed by atoms with Crippen LogP contribution >= 0.6 is 0 Å².